The number of guanidine groups is 1. The maximum absolute atomic E-state index is 5.66. The summed E-state index contributed by atoms with van der Waals surface area (Å²) in [7, 11) is 2.04. The summed E-state index contributed by atoms with van der Waals surface area (Å²) in [6, 6.07) is 8.17. The third-order valence-corrected chi connectivity index (χ3v) is 4.41. The van der Waals surface area contributed by atoms with Gasteiger partial charge in [0.1, 0.15) is 12.4 Å². The van der Waals surface area contributed by atoms with Crippen molar-refractivity contribution in [1.29, 1.82) is 0 Å². The Kier molecular flexibility index (Phi) is 8.64. The number of aliphatic imine (C=N–C) groups is 1. The maximum Gasteiger partial charge on any atom is 0.191 e. The average molecular weight is 471 g/mol. The third kappa shape index (κ3) is 6.12. The Morgan fingerprint density at radius 3 is 2.85 bits per heavy atom. The minimum absolute atomic E-state index is 0. The highest BCUT2D eigenvalue weighted by Gasteiger charge is 2.20. The van der Waals surface area contributed by atoms with Crippen molar-refractivity contribution in [2.45, 2.75) is 32.7 Å². The number of benzene rings is 1. The van der Waals surface area contributed by atoms with E-state index in [1.807, 2.05) is 25.2 Å². The van der Waals surface area contributed by atoms with Crippen molar-refractivity contribution < 1.29 is 4.74 Å². The van der Waals surface area contributed by atoms with E-state index in [1.165, 1.54) is 12.8 Å². The molecule has 2 aromatic rings. The second kappa shape index (κ2) is 10.7. The molecule has 1 saturated carbocycles. The van der Waals surface area contributed by atoms with Crippen LogP contribution in [0.3, 0.4) is 0 Å². The fourth-order valence-electron chi connectivity index (χ4n) is 2.74. The number of fused-ring (bicyclic) bond motifs is 1. The number of aryl methyl sites for hydroxylation is 1. The van der Waals surface area contributed by atoms with Gasteiger partial charge in [-0.05, 0) is 44.2 Å². The zero-order chi connectivity index (χ0) is 17.5. The van der Waals surface area contributed by atoms with Gasteiger partial charge in [0, 0.05) is 33.4 Å². The zero-order valence-electron chi connectivity index (χ0n) is 15.7. The first-order chi connectivity index (χ1) is 12.3. The standard InChI is InChI=1S/C19H29N5O.HI/c1-3-20-19(21-11-6-12-25-14-15-9-10-15)22-13-18-23-16-7-4-5-8-17(16)24(18)2;/h4-5,7-8,15H,3,6,9-14H2,1-2H3,(H2,20,21,22);1H. The third-order valence-electron chi connectivity index (χ3n) is 4.41. The lowest BCUT2D eigenvalue weighted by Crippen LogP contribution is -2.38. The lowest BCUT2D eigenvalue weighted by atomic mass is 10.3. The number of nitrogens with zero attached hydrogens (tertiary/aromatic N) is 3. The Morgan fingerprint density at radius 1 is 1.31 bits per heavy atom. The quantitative estimate of drug-likeness (QED) is 0.256. The molecule has 0 atom stereocenters. The van der Waals surface area contributed by atoms with Crippen molar-refractivity contribution in [2.24, 2.45) is 18.0 Å². The van der Waals surface area contributed by atoms with E-state index in [2.05, 4.69) is 38.2 Å². The van der Waals surface area contributed by atoms with Gasteiger partial charge in [-0.15, -0.1) is 24.0 Å². The van der Waals surface area contributed by atoms with Crippen LogP contribution in [0.25, 0.3) is 11.0 Å². The van der Waals surface area contributed by atoms with Gasteiger partial charge < -0.3 is 19.9 Å². The summed E-state index contributed by atoms with van der Waals surface area (Å²) in [5.41, 5.74) is 2.15. The molecule has 1 fully saturated rings. The van der Waals surface area contributed by atoms with Crippen LogP contribution < -0.4 is 10.6 Å². The minimum atomic E-state index is 0. The van der Waals surface area contributed by atoms with Gasteiger partial charge in [0.05, 0.1) is 11.0 Å². The van der Waals surface area contributed by atoms with Gasteiger partial charge in [0.25, 0.3) is 0 Å². The minimum Gasteiger partial charge on any atom is -0.381 e. The monoisotopic (exact) mass is 471 g/mol. The highest BCUT2D eigenvalue weighted by Crippen LogP contribution is 2.28. The van der Waals surface area contributed by atoms with Crippen molar-refractivity contribution in [3.05, 3.63) is 30.1 Å². The van der Waals surface area contributed by atoms with Gasteiger partial charge in [0.15, 0.2) is 5.96 Å². The molecule has 0 radical (unpaired) electrons. The van der Waals surface area contributed by atoms with Crippen molar-refractivity contribution in [1.82, 2.24) is 20.2 Å². The van der Waals surface area contributed by atoms with Crippen molar-refractivity contribution in [2.75, 3.05) is 26.3 Å². The predicted molar refractivity (Wildman–Crippen MR) is 117 cm³/mol. The van der Waals surface area contributed by atoms with Gasteiger partial charge in [-0.1, -0.05) is 12.1 Å². The summed E-state index contributed by atoms with van der Waals surface area (Å²) in [5, 5.41) is 6.66. The van der Waals surface area contributed by atoms with Crippen LogP contribution >= 0.6 is 24.0 Å². The number of halogens is 1. The molecule has 26 heavy (non-hydrogen) atoms. The predicted octanol–water partition coefficient (Wildman–Crippen LogP) is 3.06. The van der Waals surface area contributed by atoms with Crippen LogP contribution in [0, 0.1) is 5.92 Å². The number of hydrogen-bond acceptors (Lipinski definition) is 3. The number of hydrogen-bond donors (Lipinski definition) is 2. The summed E-state index contributed by atoms with van der Waals surface area (Å²) < 4.78 is 7.77. The van der Waals surface area contributed by atoms with E-state index in [9.17, 15) is 0 Å². The molecule has 7 heteroatoms. The first-order valence-corrected chi connectivity index (χ1v) is 9.28. The molecule has 1 aromatic heterocycles. The van der Waals surface area contributed by atoms with Crippen molar-refractivity contribution in [3.8, 4) is 0 Å². The SMILES string of the molecule is CCNC(=NCc1nc2ccccc2n1C)NCCCOCC1CC1.I. The van der Waals surface area contributed by atoms with Gasteiger partial charge in [-0.2, -0.15) is 0 Å². The molecule has 3 rings (SSSR count). The van der Waals surface area contributed by atoms with Gasteiger partial charge in [0.2, 0.25) is 0 Å². The molecule has 0 bridgehead atoms. The molecule has 1 aliphatic rings. The van der Waals surface area contributed by atoms with Crippen molar-refractivity contribution in [3.63, 3.8) is 0 Å². The molecule has 1 aliphatic carbocycles. The number of imidazole rings is 1. The topological polar surface area (TPSA) is 63.5 Å². The first-order valence-electron chi connectivity index (χ1n) is 9.28. The zero-order valence-corrected chi connectivity index (χ0v) is 18.0. The number of aromatic nitrogens is 2. The van der Waals surface area contributed by atoms with Crippen LogP contribution in [-0.2, 0) is 18.3 Å². The first kappa shape index (κ1) is 21.0. The molecule has 144 valence electrons. The largest absolute Gasteiger partial charge is 0.381 e. The molecular formula is C19H30IN5O. The molecule has 0 spiro atoms. The fraction of sp³-hybridized carbons (Fsp3) is 0.579. The Balaban J connectivity index is 0.00000243. The number of ether oxygens (including phenoxy) is 1. The highest BCUT2D eigenvalue weighted by atomic mass is 127. The van der Waals surface area contributed by atoms with Crippen LogP contribution in [0.2, 0.25) is 0 Å². The Hall–Kier alpha value is -1.35. The van der Waals surface area contributed by atoms with Gasteiger partial charge >= 0.3 is 0 Å². The van der Waals surface area contributed by atoms with Gasteiger partial charge in [-0.3, -0.25) is 0 Å². The highest BCUT2D eigenvalue weighted by molar-refractivity contribution is 14.0. The molecule has 0 unspecified atom stereocenters. The van der Waals surface area contributed by atoms with E-state index in [0.29, 0.717) is 6.54 Å². The lowest BCUT2D eigenvalue weighted by Gasteiger charge is -2.11. The summed E-state index contributed by atoms with van der Waals surface area (Å²) >= 11 is 0. The number of nitrogens with one attached hydrogen (secondary N) is 2. The number of para-hydroxylation sites is 2. The molecule has 6 nitrogen and oxygen atoms in total. The molecule has 2 N–H and O–H groups in total. The Morgan fingerprint density at radius 2 is 2.12 bits per heavy atom. The normalized spacial score (nSPS) is 14.3. The number of rotatable bonds is 9. The summed E-state index contributed by atoms with van der Waals surface area (Å²) in [6.45, 7) is 6.07. The van der Waals surface area contributed by atoms with Gasteiger partial charge in [-0.25, -0.2) is 9.98 Å². The molecular weight excluding hydrogens is 441 g/mol. The Labute approximate surface area is 172 Å². The van der Waals surface area contributed by atoms with E-state index in [4.69, 9.17) is 4.74 Å². The second-order valence-electron chi connectivity index (χ2n) is 6.57. The van der Waals surface area contributed by atoms with Crippen LogP contribution in [-0.4, -0.2) is 41.8 Å². The van der Waals surface area contributed by atoms with E-state index in [0.717, 1.165) is 61.5 Å². The van der Waals surface area contributed by atoms with Crippen LogP contribution in [0.1, 0.15) is 32.0 Å². The van der Waals surface area contributed by atoms with Crippen molar-refractivity contribution >= 4 is 41.0 Å². The molecule has 1 heterocycles. The lowest BCUT2D eigenvalue weighted by molar-refractivity contribution is 0.123. The molecule has 1 aromatic carbocycles. The fourth-order valence-corrected chi connectivity index (χ4v) is 2.74. The molecule has 0 saturated heterocycles. The second-order valence-corrected chi connectivity index (χ2v) is 6.57. The average Bonchev–Trinajstić information content (AvgIpc) is 3.40. The van der Waals surface area contributed by atoms with Crippen LogP contribution in [0.4, 0.5) is 0 Å². The van der Waals surface area contributed by atoms with E-state index >= 15 is 0 Å². The van der Waals surface area contributed by atoms with E-state index < -0.39 is 0 Å². The maximum atomic E-state index is 5.66. The van der Waals surface area contributed by atoms with Crippen LogP contribution in [0.5, 0.6) is 0 Å². The summed E-state index contributed by atoms with van der Waals surface area (Å²) in [6.07, 6.45) is 3.68. The molecule has 0 aliphatic heterocycles. The summed E-state index contributed by atoms with van der Waals surface area (Å²) in [5.74, 6) is 2.63. The summed E-state index contributed by atoms with van der Waals surface area (Å²) in [4.78, 5) is 9.33. The van der Waals surface area contributed by atoms with E-state index in [1.54, 1.807) is 0 Å². The van der Waals surface area contributed by atoms with E-state index in [-0.39, 0.29) is 24.0 Å². The molecule has 0 amide bonds. The Bertz CT molecular complexity index is 711. The smallest absolute Gasteiger partial charge is 0.191 e. The van der Waals surface area contributed by atoms with Crippen LogP contribution in [0.15, 0.2) is 29.3 Å².